The molecule has 0 aromatic carbocycles. The quantitative estimate of drug-likeness (QED) is 0.546. The third-order valence-electron chi connectivity index (χ3n) is 3.63. The Kier molecular flexibility index (Phi) is 10.0. The lowest BCUT2D eigenvalue weighted by Gasteiger charge is -2.32. The minimum atomic E-state index is 0.492. The third-order valence-corrected chi connectivity index (χ3v) is 3.63. The number of ether oxygens (including phenoxy) is 1. The molecule has 0 saturated carbocycles. The summed E-state index contributed by atoms with van der Waals surface area (Å²) in [5, 5.41) is 3.58. The van der Waals surface area contributed by atoms with E-state index in [-0.39, 0.29) is 0 Å². The van der Waals surface area contributed by atoms with Gasteiger partial charge in [-0.05, 0) is 51.0 Å². The van der Waals surface area contributed by atoms with Gasteiger partial charge in [-0.1, -0.05) is 20.8 Å². The zero-order valence-corrected chi connectivity index (χ0v) is 11.8. The first-order valence-electron chi connectivity index (χ1n) is 7.03. The van der Waals surface area contributed by atoms with Gasteiger partial charge in [0, 0.05) is 19.8 Å². The number of hydrogen-bond acceptors (Lipinski definition) is 2. The third kappa shape index (κ3) is 6.49. The van der Waals surface area contributed by atoms with Crippen LogP contribution in [0.5, 0.6) is 0 Å². The highest BCUT2D eigenvalue weighted by atomic mass is 16.5. The summed E-state index contributed by atoms with van der Waals surface area (Å²) in [5.41, 5.74) is 0.492. The Morgan fingerprint density at radius 3 is 2.25 bits per heavy atom. The Bertz CT molecular complexity index is 144. The minimum absolute atomic E-state index is 0.492. The van der Waals surface area contributed by atoms with Crippen molar-refractivity contribution in [2.75, 3.05) is 26.3 Å². The van der Waals surface area contributed by atoms with Crippen molar-refractivity contribution >= 4 is 0 Å². The summed E-state index contributed by atoms with van der Waals surface area (Å²) in [7, 11) is 0. The van der Waals surface area contributed by atoms with Gasteiger partial charge in [-0.2, -0.15) is 0 Å². The summed E-state index contributed by atoms with van der Waals surface area (Å²) >= 11 is 0. The number of hydrogen-bond donors (Lipinski definition) is 1. The van der Waals surface area contributed by atoms with Crippen LogP contribution in [0.3, 0.4) is 0 Å². The van der Waals surface area contributed by atoms with Crippen LogP contribution >= 0.6 is 0 Å². The summed E-state index contributed by atoms with van der Waals surface area (Å²) in [6, 6.07) is 0. The Morgan fingerprint density at radius 2 is 1.75 bits per heavy atom. The van der Waals surface area contributed by atoms with Gasteiger partial charge in [0.15, 0.2) is 0 Å². The van der Waals surface area contributed by atoms with E-state index in [0.29, 0.717) is 5.41 Å². The summed E-state index contributed by atoms with van der Waals surface area (Å²) in [4.78, 5) is 0. The molecular formula is C14H31NO. The van der Waals surface area contributed by atoms with Crippen molar-refractivity contribution in [2.24, 2.45) is 5.41 Å². The van der Waals surface area contributed by atoms with Crippen LogP contribution in [-0.2, 0) is 4.74 Å². The van der Waals surface area contributed by atoms with Gasteiger partial charge >= 0.3 is 0 Å². The normalized spacial score (nSPS) is 12.0. The Hall–Kier alpha value is -0.0800. The van der Waals surface area contributed by atoms with Crippen molar-refractivity contribution < 1.29 is 4.74 Å². The van der Waals surface area contributed by atoms with E-state index in [1.807, 2.05) is 0 Å². The van der Waals surface area contributed by atoms with Crippen LogP contribution in [0.25, 0.3) is 0 Å². The largest absolute Gasteiger partial charge is 0.382 e. The van der Waals surface area contributed by atoms with Crippen LogP contribution in [0, 0.1) is 5.41 Å². The molecule has 0 fully saturated rings. The molecule has 0 saturated heterocycles. The molecule has 0 radical (unpaired) electrons. The van der Waals surface area contributed by atoms with E-state index >= 15 is 0 Å². The van der Waals surface area contributed by atoms with E-state index in [1.165, 1.54) is 38.6 Å². The van der Waals surface area contributed by atoms with E-state index in [1.54, 1.807) is 0 Å². The number of nitrogens with one attached hydrogen (secondary N) is 1. The van der Waals surface area contributed by atoms with E-state index in [9.17, 15) is 0 Å². The smallest absolute Gasteiger partial charge is 0.0466 e. The fourth-order valence-corrected chi connectivity index (χ4v) is 2.17. The zero-order chi connectivity index (χ0) is 12.3. The maximum atomic E-state index is 5.42. The van der Waals surface area contributed by atoms with Crippen molar-refractivity contribution in [3.63, 3.8) is 0 Å². The lowest BCUT2D eigenvalue weighted by atomic mass is 9.78. The second kappa shape index (κ2) is 10.1. The summed E-state index contributed by atoms with van der Waals surface area (Å²) in [6.07, 6.45) is 6.25. The molecule has 0 atom stereocenters. The molecule has 98 valence electrons. The molecule has 0 aromatic heterocycles. The molecule has 0 spiro atoms. The van der Waals surface area contributed by atoms with E-state index in [4.69, 9.17) is 4.74 Å². The van der Waals surface area contributed by atoms with E-state index < -0.39 is 0 Å². The van der Waals surface area contributed by atoms with Gasteiger partial charge in [0.05, 0.1) is 0 Å². The van der Waals surface area contributed by atoms with Gasteiger partial charge in [0.25, 0.3) is 0 Å². The van der Waals surface area contributed by atoms with Gasteiger partial charge in [-0.3, -0.25) is 0 Å². The Balaban J connectivity index is 3.90. The molecule has 0 aliphatic heterocycles. The van der Waals surface area contributed by atoms with Crippen LogP contribution in [-0.4, -0.2) is 26.3 Å². The van der Waals surface area contributed by atoms with Gasteiger partial charge in [-0.15, -0.1) is 0 Å². The fraction of sp³-hybridized carbons (Fsp3) is 1.00. The minimum Gasteiger partial charge on any atom is -0.382 e. The van der Waals surface area contributed by atoms with Crippen LogP contribution in [0.15, 0.2) is 0 Å². The molecule has 0 bridgehead atoms. The standard InChI is InChI=1S/C14H31NO/c1-5-11-15-13-14(6-2,7-3)10-9-12-16-8-4/h15H,5-13H2,1-4H3. The molecule has 16 heavy (non-hydrogen) atoms. The molecule has 0 rings (SSSR count). The highest BCUT2D eigenvalue weighted by molar-refractivity contribution is 4.79. The van der Waals surface area contributed by atoms with Crippen molar-refractivity contribution in [3.8, 4) is 0 Å². The first kappa shape index (κ1) is 15.9. The monoisotopic (exact) mass is 229 g/mol. The average molecular weight is 229 g/mol. The zero-order valence-electron chi connectivity index (χ0n) is 11.8. The highest BCUT2D eigenvalue weighted by Crippen LogP contribution is 2.31. The van der Waals surface area contributed by atoms with Gasteiger partial charge < -0.3 is 10.1 Å². The van der Waals surface area contributed by atoms with Crippen molar-refractivity contribution in [1.82, 2.24) is 5.32 Å². The van der Waals surface area contributed by atoms with Crippen LogP contribution in [0.4, 0.5) is 0 Å². The van der Waals surface area contributed by atoms with Crippen molar-refractivity contribution in [1.29, 1.82) is 0 Å². The molecule has 0 heterocycles. The summed E-state index contributed by atoms with van der Waals surface area (Å²) in [5.74, 6) is 0. The van der Waals surface area contributed by atoms with Gasteiger partial charge in [0.2, 0.25) is 0 Å². The first-order chi connectivity index (χ1) is 7.74. The molecule has 2 nitrogen and oxygen atoms in total. The molecule has 2 heteroatoms. The maximum absolute atomic E-state index is 5.42. The summed E-state index contributed by atoms with van der Waals surface area (Å²) < 4.78 is 5.42. The molecule has 0 unspecified atom stereocenters. The Labute approximate surface area is 102 Å². The predicted octanol–water partition coefficient (Wildman–Crippen LogP) is 3.61. The first-order valence-corrected chi connectivity index (χ1v) is 7.03. The molecule has 0 aliphatic rings. The van der Waals surface area contributed by atoms with Crippen molar-refractivity contribution in [2.45, 2.75) is 59.8 Å². The molecular weight excluding hydrogens is 198 g/mol. The molecule has 0 aromatic rings. The predicted molar refractivity (Wildman–Crippen MR) is 71.9 cm³/mol. The van der Waals surface area contributed by atoms with Gasteiger partial charge in [-0.25, -0.2) is 0 Å². The topological polar surface area (TPSA) is 21.3 Å². The molecule has 1 N–H and O–H groups in total. The van der Waals surface area contributed by atoms with E-state index in [0.717, 1.165) is 19.8 Å². The Morgan fingerprint density at radius 1 is 1.06 bits per heavy atom. The maximum Gasteiger partial charge on any atom is 0.0466 e. The second-order valence-corrected chi connectivity index (χ2v) is 4.68. The number of rotatable bonds is 11. The van der Waals surface area contributed by atoms with Crippen LogP contribution in [0.2, 0.25) is 0 Å². The lowest BCUT2D eigenvalue weighted by molar-refractivity contribution is 0.123. The van der Waals surface area contributed by atoms with Crippen molar-refractivity contribution in [3.05, 3.63) is 0 Å². The fourth-order valence-electron chi connectivity index (χ4n) is 2.17. The SMILES string of the molecule is CCCNCC(CC)(CC)CCCOCC. The van der Waals surface area contributed by atoms with E-state index in [2.05, 4.69) is 33.0 Å². The molecule has 0 aliphatic carbocycles. The second-order valence-electron chi connectivity index (χ2n) is 4.68. The van der Waals surface area contributed by atoms with Crippen LogP contribution < -0.4 is 5.32 Å². The molecule has 0 amide bonds. The van der Waals surface area contributed by atoms with Gasteiger partial charge in [0.1, 0.15) is 0 Å². The highest BCUT2D eigenvalue weighted by Gasteiger charge is 2.24. The summed E-state index contributed by atoms with van der Waals surface area (Å²) in [6.45, 7) is 13.0. The lowest BCUT2D eigenvalue weighted by Crippen LogP contribution is -2.34. The average Bonchev–Trinajstić information content (AvgIpc) is 2.33. The van der Waals surface area contributed by atoms with Crippen LogP contribution in [0.1, 0.15) is 59.8 Å².